The maximum absolute atomic E-state index is 12.4. The summed E-state index contributed by atoms with van der Waals surface area (Å²) in [5.41, 5.74) is 0.423. The van der Waals surface area contributed by atoms with Crippen molar-refractivity contribution in [2.24, 2.45) is 11.3 Å². The highest BCUT2D eigenvalue weighted by Gasteiger charge is 2.59. The Morgan fingerprint density at radius 3 is 2.76 bits per heavy atom. The third-order valence-electron chi connectivity index (χ3n) is 4.76. The third kappa shape index (κ3) is 2.21. The van der Waals surface area contributed by atoms with Crippen molar-refractivity contribution in [1.82, 2.24) is 5.32 Å². The van der Waals surface area contributed by atoms with E-state index in [0.717, 1.165) is 13.0 Å². The van der Waals surface area contributed by atoms with Crippen LogP contribution in [0.25, 0.3) is 0 Å². The van der Waals surface area contributed by atoms with E-state index in [2.05, 4.69) is 19.2 Å². The van der Waals surface area contributed by atoms with Gasteiger partial charge in [0, 0.05) is 29.5 Å². The Morgan fingerprint density at radius 2 is 2.05 bits per heavy atom. The molecule has 0 aromatic heterocycles. The summed E-state index contributed by atoms with van der Waals surface area (Å²) in [7, 11) is 0. The van der Waals surface area contributed by atoms with Crippen molar-refractivity contribution in [3.8, 4) is 0 Å². The molecule has 3 atom stereocenters. The molecule has 1 aromatic carbocycles. The smallest absolute Gasteiger partial charge is 0.335 e. The molecule has 2 aliphatic rings. The Labute approximate surface area is 123 Å². The zero-order valence-corrected chi connectivity index (χ0v) is 12.1. The molecule has 1 saturated heterocycles. The Bertz CT molecular complexity index is 596. The average Bonchev–Trinajstić information content (AvgIpc) is 2.91. The van der Waals surface area contributed by atoms with Gasteiger partial charge in [0.15, 0.2) is 0 Å². The first kappa shape index (κ1) is 14.1. The molecule has 112 valence electrons. The Hall–Kier alpha value is -1.88. The Kier molecular flexibility index (Phi) is 3.24. The van der Waals surface area contributed by atoms with Crippen LogP contribution < -0.4 is 5.32 Å². The first-order valence-corrected chi connectivity index (χ1v) is 7.17. The van der Waals surface area contributed by atoms with Crippen molar-refractivity contribution in [3.05, 3.63) is 35.4 Å². The minimum atomic E-state index is -1.03. The van der Waals surface area contributed by atoms with E-state index in [4.69, 9.17) is 9.84 Å². The number of amides is 1. The van der Waals surface area contributed by atoms with Crippen molar-refractivity contribution >= 4 is 11.9 Å². The highest BCUT2D eigenvalue weighted by Crippen LogP contribution is 2.52. The van der Waals surface area contributed by atoms with Crippen molar-refractivity contribution in [3.63, 3.8) is 0 Å². The van der Waals surface area contributed by atoms with E-state index in [-0.39, 0.29) is 29.0 Å². The van der Waals surface area contributed by atoms with E-state index in [0.29, 0.717) is 11.5 Å². The van der Waals surface area contributed by atoms with Crippen LogP contribution in [0.3, 0.4) is 0 Å². The van der Waals surface area contributed by atoms with Crippen molar-refractivity contribution in [2.75, 3.05) is 6.61 Å². The van der Waals surface area contributed by atoms with Crippen LogP contribution in [0.2, 0.25) is 0 Å². The summed E-state index contributed by atoms with van der Waals surface area (Å²) >= 11 is 0. The number of hydrogen-bond donors (Lipinski definition) is 2. The Morgan fingerprint density at radius 1 is 1.33 bits per heavy atom. The normalized spacial score (nSPS) is 29.3. The van der Waals surface area contributed by atoms with Gasteiger partial charge in [0.25, 0.3) is 5.91 Å². The van der Waals surface area contributed by atoms with Crippen LogP contribution in [-0.2, 0) is 4.74 Å². The molecule has 2 fully saturated rings. The molecule has 5 nitrogen and oxygen atoms in total. The molecule has 1 aliphatic heterocycles. The van der Waals surface area contributed by atoms with Gasteiger partial charge in [-0.3, -0.25) is 4.79 Å². The van der Waals surface area contributed by atoms with Crippen LogP contribution in [0.4, 0.5) is 0 Å². The van der Waals surface area contributed by atoms with Gasteiger partial charge in [-0.25, -0.2) is 4.79 Å². The summed E-state index contributed by atoms with van der Waals surface area (Å²) in [6.45, 7) is 4.94. The van der Waals surface area contributed by atoms with Crippen LogP contribution in [0.1, 0.15) is 41.0 Å². The SMILES string of the molecule is CC1(C)[C@H](NC(=O)c2cccc(C(=O)O)c2)[C@@H]2CCO[C@H]21. The van der Waals surface area contributed by atoms with Gasteiger partial charge >= 0.3 is 5.97 Å². The summed E-state index contributed by atoms with van der Waals surface area (Å²) < 4.78 is 5.71. The van der Waals surface area contributed by atoms with Gasteiger partial charge in [-0.05, 0) is 24.6 Å². The number of carbonyl (C=O) groups is 2. The molecule has 1 aliphatic carbocycles. The topological polar surface area (TPSA) is 75.6 Å². The molecule has 1 saturated carbocycles. The molecular formula is C16H19NO4. The number of rotatable bonds is 3. The van der Waals surface area contributed by atoms with Gasteiger partial charge in [0.2, 0.25) is 0 Å². The highest BCUT2D eigenvalue weighted by molar-refractivity contribution is 5.97. The number of aromatic carboxylic acids is 1. The second kappa shape index (κ2) is 4.84. The maximum Gasteiger partial charge on any atom is 0.335 e. The first-order chi connectivity index (χ1) is 9.91. The lowest BCUT2D eigenvalue weighted by atomic mass is 9.57. The number of benzene rings is 1. The van der Waals surface area contributed by atoms with Crippen molar-refractivity contribution < 1.29 is 19.4 Å². The second-order valence-electron chi connectivity index (χ2n) is 6.40. The maximum atomic E-state index is 12.4. The first-order valence-electron chi connectivity index (χ1n) is 7.17. The van der Waals surface area contributed by atoms with E-state index >= 15 is 0 Å². The summed E-state index contributed by atoms with van der Waals surface area (Å²) in [4.78, 5) is 23.3. The number of carboxylic acids is 1. The van der Waals surface area contributed by atoms with Crippen LogP contribution >= 0.6 is 0 Å². The molecule has 1 aromatic rings. The van der Waals surface area contributed by atoms with Crippen LogP contribution in [0.5, 0.6) is 0 Å². The third-order valence-corrected chi connectivity index (χ3v) is 4.76. The number of hydrogen-bond acceptors (Lipinski definition) is 3. The van der Waals surface area contributed by atoms with E-state index in [1.54, 1.807) is 12.1 Å². The van der Waals surface area contributed by atoms with Gasteiger partial charge in [-0.15, -0.1) is 0 Å². The molecule has 0 radical (unpaired) electrons. The quantitative estimate of drug-likeness (QED) is 0.891. The fourth-order valence-corrected chi connectivity index (χ4v) is 3.64. The van der Waals surface area contributed by atoms with E-state index in [1.165, 1.54) is 12.1 Å². The van der Waals surface area contributed by atoms with Gasteiger partial charge in [0.05, 0.1) is 11.7 Å². The zero-order chi connectivity index (χ0) is 15.2. The lowest BCUT2D eigenvalue weighted by Gasteiger charge is -2.54. The number of ether oxygens (including phenoxy) is 1. The van der Waals surface area contributed by atoms with Gasteiger partial charge in [-0.2, -0.15) is 0 Å². The largest absolute Gasteiger partial charge is 0.478 e. The molecule has 5 heteroatoms. The average molecular weight is 289 g/mol. The number of fused-ring (bicyclic) bond motifs is 1. The molecule has 1 amide bonds. The lowest BCUT2D eigenvalue weighted by molar-refractivity contribution is -0.108. The van der Waals surface area contributed by atoms with Gasteiger partial charge in [-0.1, -0.05) is 19.9 Å². The molecule has 21 heavy (non-hydrogen) atoms. The molecular weight excluding hydrogens is 270 g/mol. The molecule has 0 bridgehead atoms. The summed E-state index contributed by atoms with van der Waals surface area (Å²) in [5.74, 6) is -0.883. The number of carbonyl (C=O) groups excluding carboxylic acids is 1. The minimum absolute atomic E-state index is 0.0750. The van der Waals surface area contributed by atoms with Crippen LogP contribution in [0, 0.1) is 11.3 Å². The fourth-order valence-electron chi connectivity index (χ4n) is 3.64. The van der Waals surface area contributed by atoms with Crippen molar-refractivity contribution in [1.29, 1.82) is 0 Å². The zero-order valence-electron chi connectivity index (χ0n) is 12.1. The predicted octanol–water partition coefficient (Wildman–Crippen LogP) is 1.93. The van der Waals surface area contributed by atoms with Gasteiger partial charge < -0.3 is 15.2 Å². The monoisotopic (exact) mass is 289 g/mol. The summed E-state index contributed by atoms with van der Waals surface area (Å²) in [6.07, 6.45) is 1.18. The minimum Gasteiger partial charge on any atom is -0.478 e. The van der Waals surface area contributed by atoms with E-state index < -0.39 is 5.97 Å². The molecule has 1 heterocycles. The van der Waals surface area contributed by atoms with E-state index in [9.17, 15) is 9.59 Å². The second-order valence-corrected chi connectivity index (χ2v) is 6.40. The summed E-state index contributed by atoms with van der Waals surface area (Å²) in [5, 5.41) is 12.0. The highest BCUT2D eigenvalue weighted by atomic mass is 16.5. The standard InChI is InChI=1S/C16H19NO4/c1-16(2)12(11-6-7-21-13(11)16)17-14(18)9-4-3-5-10(8-9)15(19)20/h3-5,8,11-13H,6-7H2,1-2H3,(H,17,18)(H,19,20)/t11-,12+,13+/m0/s1. The summed E-state index contributed by atoms with van der Waals surface area (Å²) in [6, 6.07) is 6.19. The fraction of sp³-hybridized carbons (Fsp3) is 0.500. The molecule has 0 unspecified atom stereocenters. The molecule has 2 N–H and O–H groups in total. The van der Waals surface area contributed by atoms with E-state index in [1.807, 2.05) is 0 Å². The lowest BCUT2D eigenvalue weighted by Crippen LogP contribution is -2.66. The van der Waals surface area contributed by atoms with Crippen LogP contribution in [-0.4, -0.2) is 35.7 Å². The van der Waals surface area contributed by atoms with Crippen molar-refractivity contribution in [2.45, 2.75) is 32.4 Å². The van der Waals surface area contributed by atoms with Gasteiger partial charge in [0.1, 0.15) is 0 Å². The molecule has 3 rings (SSSR count). The number of carboxylic acid groups (broad SMARTS) is 1. The predicted molar refractivity (Wildman–Crippen MR) is 76.3 cm³/mol. The van der Waals surface area contributed by atoms with Crippen LogP contribution in [0.15, 0.2) is 24.3 Å². The molecule has 0 spiro atoms. The number of nitrogens with one attached hydrogen (secondary N) is 1. The Balaban J connectivity index is 1.75.